The molecule has 1 saturated heterocycles. The number of fused-ring (bicyclic) bond motifs is 1. The van der Waals surface area contributed by atoms with Gasteiger partial charge in [-0.3, -0.25) is 0 Å². The summed E-state index contributed by atoms with van der Waals surface area (Å²) in [5.41, 5.74) is 3.67. The number of aromatic nitrogens is 2. The lowest BCUT2D eigenvalue weighted by atomic mass is 9.87. The molecule has 0 saturated carbocycles. The van der Waals surface area contributed by atoms with Crippen LogP contribution in [0.4, 0.5) is 0 Å². The number of nitrogens with zero attached hydrogens (tertiary/aromatic N) is 1. The van der Waals surface area contributed by atoms with Gasteiger partial charge in [-0.2, -0.15) is 0 Å². The van der Waals surface area contributed by atoms with Crippen molar-refractivity contribution in [1.29, 1.82) is 0 Å². The first kappa shape index (κ1) is 11.7. The van der Waals surface area contributed by atoms with Crippen molar-refractivity contribution in [3.63, 3.8) is 0 Å². The van der Waals surface area contributed by atoms with Crippen molar-refractivity contribution in [1.82, 2.24) is 15.3 Å². The molecule has 0 aliphatic carbocycles. The lowest BCUT2D eigenvalue weighted by Crippen LogP contribution is -2.34. The van der Waals surface area contributed by atoms with Crippen LogP contribution in [0.5, 0.6) is 0 Å². The fourth-order valence-corrected chi connectivity index (χ4v) is 2.89. The molecule has 96 valence electrons. The van der Waals surface area contributed by atoms with E-state index in [1.165, 1.54) is 23.3 Å². The molecule has 1 aliphatic rings. The van der Waals surface area contributed by atoms with Gasteiger partial charge in [0.1, 0.15) is 5.82 Å². The molecule has 0 amide bonds. The van der Waals surface area contributed by atoms with E-state index in [4.69, 9.17) is 4.98 Å². The van der Waals surface area contributed by atoms with E-state index in [2.05, 4.69) is 42.3 Å². The Morgan fingerprint density at radius 1 is 1.39 bits per heavy atom. The molecule has 3 nitrogen and oxygen atoms in total. The lowest BCUT2D eigenvalue weighted by molar-refractivity contribution is 0.340. The van der Waals surface area contributed by atoms with E-state index in [0.717, 1.165) is 25.0 Å². The zero-order chi connectivity index (χ0) is 12.5. The molecule has 1 aromatic heterocycles. The highest BCUT2D eigenvalue weighted by Gasteiger charge is 2.25. The van der Waals surface area contributed by atoms with E-state index in [-0.39, 0.29) is 0 Å². The van der Waals surface area contributed by atoms with Crippen molar-refractivity contribution < 1.29 is 0 Å². The average Bonchev–Trinajstić information content (AvgIpc) is 2.81. The Morgan fingerprint density at radius 2 is 2.28 bits per heavy atom. The number of benzene rings is 1. The summed E-state index contributed by atoms with van der Waals surface area (Å²) in [6, 6.07) is 6.55. The quantitative estimate of drug-likeness (QED) is 0.851. The number of H-pyrrole nitrogens is 1. The van der Waals surface area contributed by atoms with Gasteiger partial charge in [0.15, 0.2) is 0 Å². The number of nitrogens with one attached hydrogen (secondary N) is 2. The largest absolute Gasteiger partial charge is 0.342 e. The summed E-state index contributed by atoms with van der Waals surface area (Å²) < 4.78 is 0. The molecule has 1 aliphatic heterocycles. The highest BCUT2D eigenvalue weighted by molar-refractivity contribution is 5.76. The van der Waals surface area contributed by atoms with Crippen LogP contribution >= 0.6 is 0 Å². The first-order valence-electron chi connectivity index (χ1n) is 6.97. The second-order valence-corrected chi connectivity index (χ2v) is 5.40. The van der Waals surface area contributed by atoms with Crippen molar-refractivity contribution in [3.8, 4) is 0 Å². The minimum Gasteiger partial charge on any atom is -0.342 e. The molecular weight excluding hydrogens is 222 g/mol. The Hall–Kier alpha value is -1.35. The second kappa shape index (κ2) is 4.73. The van der Waals surface area contributed by atoms with Gasteiger partial charge in [0.25, 0.3) is 0 Å². The summed E-state index contributed by atoms with van der Waals surface area (Å²) in [5, 5.41) is 3.44. The Balaban J connectivity index is 1.97. The van der Waals surface area contributed by atoms with Crippen LogP contribution in [-0.2, 0) is 6.42 Å². The maximum atomic E-state index is 4.78. The second-order valence-electron chi connectivity index (χ2n) is 5.40. The van der Waals surface area contributed by atoms with E-state index >= 15 is 0 Å². The summed E-state index contributed by atoms with van der Waals surface area (Å²) in [7, 11) is 0. The van der Waals surface area contributed by atoms with Gasteiger partial charge in [-0.15, -0.1) is 0 Å². The molecule has 2 heterocycles. The molecule has 1 aromatic carbocycles. The van der Waals surface area contributed by atoms with Crippen LogP contribution in [0.3, 0.4) is 0 Å². The van der Waals surface area contributed by atoms with Gasteiger partial charge in [0.2, 0.25) is 0 Å². The minimum atomic E-state index is 0.573. The minimum absolute atomic E-state index is 0.573. The van der Waals surface area contributed by atoms with Crippen LogP contribution in [0.1, 0.15) is 37.6 Å². The number of aryl methyl sites for hydroxylation is 1. The zero-order valence-electron chi connectivity index (χ0n) is 11.2. The van der Waals surface area contributed by atoms with Crippen LogP contribution in [0, 0.1) is 5.92 Å². The SMILES string of the molecule is CCc1ccc2nc(C3CCNCC3C)[nH]c2c1. The van der Waals surface area contributed by atoms with Crippen molar-refractivity contribution in [2.45, 2.75) is 32.6 Å². The van der Waals surface area contributed by atoms with Gasteiger partial charge in [-0.25, -0.2) is 4.98 Å². The fourth-order valence-electron chi connectivity index (χ4n) is 2.89. The molecule has 2 atom stereocenters. The number of imidazole rings is 1. The molecule has 3 rings (SSSR count). The smallest absolute Gasteiger partial charge is 0.110 e. The molecule has 0 radical (unpaired) electrons. The molecule has 2 aromatic rings. The van der Waals surface area contributed by atoms with Crippen LogP contribution in [0.15, 0.2) is 18.2 Å². The van der Waals surface area contributed by atoms with Crippen molar-refractivity contribution in [2.24, 2.45) is 5.92 Å². The molecule has 1 fully saturated rings. The van der Waals surface area contributed by atoms with E-state index < -0.39 is 0 Å². The van der Waals surface area contributed by atoms with Crippen molar-refractivity contribution in [3.05, 3.63) is 29.6 Å². The molecule has 18 heavy (non-hydrogen) atoms. The van der Waals surface area contributed by atoms with E-state index in [0.29, 0.717) is 11.8 Å². The Bertz CT molecular complexity index is 544. The predicted octanol–water partition coefficient (Wildman–Crippen LogP) is 2.84. The Labute approximate surface area is 108 Å². The summed E-state index contributed by atoms with van der Waals surface area (Å²) in [6.07, 6.45) is 2.26. The molecule has 0 bridgehead atoms. The van der Waals surface area contributed by atoms with Gasteiger partial charge in [-0.1, -0.05) is 19.9 Å². The van der Waals surface area contributed by atoms with Gasteiger partial charge in [0, 0.05) is 5.92 Å². The number of hydrogen-bond donors (Lipinski definition) is 2. The third kappa shape index (κ3) is 2.03. The number of hydrogen-bond acceptors (Lipinski definition) is 2. The van der Waals surface area contributed by atoms with Gasteiger partial charge >= 0.3 is 0 Å². The fraction of sp³-hybridized carbons (Fsp3) is 0.533. The standard InChI is InChI=1S/C15H21N3/c1-3-11-4-5-13-14(8-11)18-15(17-13)12-6-7-16-9-10(12)2/h4-5,8,10,12,16H,3,6-7,9H2,1-2H3,(H,17,18). The maximum absolute atomic E-state index is 4.78. The van der Waals surface area contributed by atoms with Crippen molar-refractivity contribution in [2.75, 3.05) is 13.1 Å². The molecule has 0 spiro atoms. The average molecular weight is 243 g/mol. The third-order valence-electron chi connectivity index (χ3n) is 4.11. The zero-order valence-corrected chi connectivity index (χ0v) is 11.2. The number of piperidine rings is 1. The predicted molar refractivity (Wildman–Crippen MR) is 74.9 cm³/mol. The summed E-state index contributed by atoms with van der Waals surface area (Å²) in [6.45, 7) is 6.70. The van der Waals surface area contributed by atoms with Gasteiger partial charge in [0.05, 0.1) is 11.0 Å². The van der Waals surface area contributed by atoms with Crippen LogP contribution in [0.2, 0.25) is 0 Å². The third-order valence-corrected chi connectivity index (χ3v) is 4.11. The van der Waals surface area contributed by atoms with Crippen molar-refractivity contribution >= 4 is 11.0 Å². The van der Waals surface area contributed by atoms with Crippen LogP contribution in [-0.4, -0.2) is 23.1 Å². The molecule has 2 N–H and O–H groups in total. The molecular formula is C15H21N3. The highest BCUT2D eigenvalue weighted by Crippen LogP contribution is 2.29. The van der Waals surface area contributed by atoms with E-state index in [1.807, 2.05) is 0 Å². The van der Waals surface area contributed by atoms with Crippen LogP contribution < -0.4 is 5.32 Å². The Kier molecular flexibility index (Phi) is 3.08. The molecule has 2 unspecified atom stereocenters. The van der Waals surface area contributed by atoms with Crippen LogP contribution in [0.25, 0.3) is 11.0 Å². The number of rotatable bonds is 2. The molecule has 3 heteroatoms. The first-order valence-corrected chi connectivity index (χ1v) is 6.97. The van der Waals surface area contributed by atoms with E-state index in [9.17, 15) is 0 Å². The number of aromatic amines is 1. The summed E-state index contributed by atoms with van der Waals surface area (Å²) in [5.74, 6) is 2.40. The van der Waals surface area contributed by atoms with Gasteiger partial charge < -0.3 is 10.3 Å². The first-order chi connectivity index (χ1) is 8.78. The topological polar surface area (TPSA) is 40.7 Å². The van der Waals surface area contributed by atoms with Gasteiger partial charge in [-0.05, 0) is 49.5 Å². The lowest BCUT2D eigenvalue weighted by Gasteiger charge is -2.27. The summed E-state index contributed by atoms with van der Waals surface area (Å²) >= 11 is 0. The normalized spacial score (nSPS) is 24.6. The monoisotopic (exact) mass is 243 g/mol. The highest BCUT2D eigenvalue weighted by atomic mass is 15.0. The maximum Gasteiger partial charge on any atom is 0.110 e. The Morgan fingerprint density at radius 3 is 3.06 bits per heavy atom. The summed E-state index contributed by atoms with van der Waals surface area (Å²) in [4.78, 5) is 8.31. The van der Waals surface area contributed by atoms with E-state index in [1.54, 1.807) is 0 Å².